The number of halogens is 1. The van der Waals surface area contributed by atoms with Gasteiger partial charge >= 0.3 is 0 Å². The van der Waals surface area contributed by atoms with E-state index >= 15 is 0 Å². The van der Waals surface area contributed by atoms with Crippen LogP contribution >= 0.6 is 11.6 Å². The lowest BCUT2D eigenvalue weighted by Crippen LogP contribution is -2.50. The van der Waals surface area contributed by atoms with Gasteiger partial charge in [0.05, 0.1) is 5.60 Å². The highest BCUT2D eigenvalue weighted by Gasteiger charge is 2.44. The molecule has 0 amide bonds. The number of nitrogens with zero attached hydrogens (tertiary/aromatic N) is 1. The Balaban J connectivity index is 1.86. The molecule has 0 aromatic heterocycles. The van der Waals surface area contributed by atoms with Crippen LogP contribution in [0.1, 0.15) is 56.9 Å². The molecule has 0 spiro atoms. The summed E-state index contributed by atoms with van der Waals surface area (Å²) in [6.07, 6.45) is 6.44. The molecule has 0 radical (unpaired) electrons. The number of rotatable bonds is 4. The average molecular weight is 351 g/mol. The molecule has 1 aromatic carbocycles. The molecule has 3 atom stereocenters. The van der Waals surface area contributed by atoms with Crippen molar-refractivity contribution >= 4 is 11.6 Å². The van der Waals surface area contributed by atoms with Crippen molar-refractivity contribution in [3.63, 3.8) is 0 Å². The van der Waals surface area contributed by atoms with E-state index in [0.717, 1.165) is 56.8 Å². The second kappa shape index (κ2) is 7.74. The zero-order chi connectivity index (χ0) is 17.2. The Morgan fingerprint density at radius 2 is 2.04 bits per heavy atom. The Kier molecular flexibility index (Phi) is 5.86. The number of piperidine rings is 1. The van der Waals surface area contributed by atoms with E-state index in [-0.39, 0.29) is 5.92 Å². The Hall–Kier alpha value is -0.610. The lowest BCUT2D eigenvalue weighted by Gasteiger charge is -2.46. The van der Waals surface area contributed by atoms with Crippen LogP contribution in [0.2, 0.25) is 5.02 Å². The normalized spacial score (nSPS) is 31.1. The first-order valence-corrected chi connectivity index (χ1v) is 9.82. The van der Waals surface area contributed by atoms with Gasteiger partial charge in [0.1, 0.15) is 0 Å². The highest BCUT2D eigenvalue weighted by Crippen LogP contribution is 2.44. The van der Waals surface area contributed by atoms with Crippen molar-refractivity contribution in [2.75, 3.05) is 19.6 Å². The fraction of sp³-hybridized carbons (Fsp3) is 0.700. The average Bonchev–Trinajstić information content (AvgIpc) is 2.57. The quantitative estimate of drug-likeness (QED) is 0.868. The maximum atomic E-state index is 11.6. The van der Waals surface area contributed by atoms with Gasteiger partial charge in [-0.15, -0.1) is 0 Å². The van der Waals surface area contributed by atoms with Crippen LogP contribution in [-0.4, -0.2) is 41.3 Å². The number of benzene rings is 1. The number of hydrogen-bond donors (Lipinski definition) is 2. The maximum Gasteiger partial charge on any atom is 0.0753 e. The van der Waals surface area contributed by atoms with E-state index in [0.29, 0.717) is 12.0 Å². The van der Waals surface area contributed by atoms with Crippen LogP contribution in [-0.2, 0) is 0 Å². The predicted molar refractivity (Wildman–Crippen MR) is 100 cm³/mol. The summed E-state index contributed by atoms with van der Waals surface area (Å²) in [5.74, 6) is 0.433. The molecule has 3 nitrogen and oxygen atoms in total. The highest BCUT2D eigenvalue weighted by atomic mass is 35.5. The predicted octanol–water partition coefficient (Wildman–Crippen LogP) is 3.79. The van der Waals surface area contributed by atoms with E-state index in [9.17, 15) is 5.11 Å². The van der Waals surface area contributed by atoms with Crippen molar-refractivity contribution < 1.29 is 5.11 Å². The second-order valence-electron chi connectivity index (χ2n) is 7.88. The highest BCUT2D eigenvalue weighted by molar-refractivity contribution is 6.30. The van der Waals surface area contributed by atoms with Crippen molar-refractivity contribution in [3.8, 4) is 0 Å². The van der Waals surface area contributed by atoms with Crippen LogP contribution < -0.4 is 5.73 Å². The first-order chi connectivity index (χ1) is 11.5. The summed E-state index contributed by atoms with van der Waals surface area (Å²) < 4.78 is 0. The van der Waals surface area contributed by atoms with Crippen molar-refractivity contribution in [2.24, 2.45) is 11.7 Å². The minimum atomic E-state index is -0.636. The molecule has 3 unspecified atom stereocenters. The third kappa shape index (κ3) is 3.96. The Morgan fingerprint density at radius 1 is 1.29 bits per heavy atom. The molecule has 3 N–H and O–H groups in total. The number of nitrogens with two attached hydrogens (primary N) is 1. The fourth-order valence-corrected chi connectivity index (χ4v) is 4.74. The summed E-state index contributed by atoms with van der Waals surface area (Å²) in [5.41, 5.74) is 6.59. The maximum absolute atomic E-state index is 11.6. The van der Waals surface area contributed by atoms with Crippen LogP contribution in [0.15, 0.2) is 24.3 Å². The zero-order valence-electron chi connectivity index (χ0n) is 14.8. The van der Waals surface area contributed by atoms with Gasteiger partial charge in [-0.05, 0) is 62.4 Å². The smallest absolute Gasteiger partial charge is 0.0753 e. The summed E-state index contributed by atoms with van der Waals surface area (Å²) in [4.78, 5) is 2.48. The van der Waals surface area contributed by atoms with Crippen LogP contribution in [0, 0.1) is 5.92 Å². The summed E-state index contributed by atoms with van der Waals surface area (Å²) in [6, 6.07) is 8.43. The molecule has 0 bridgehead atoms. The van der Waals surface area contributed by atoms with E-state index in [2.05, 4.69) is 17.9 Å². The molecule has 2 fully saturated rings. The standard InChI is InChI=1S/C20H31ClN2O/c1-15-5-2-3-10-20(15,24)19(16-6-4-7-17(21)13-16)14-23-11-8-18(22)9-12-23/h4,6-7,13,15,18-19,24H,2-3,5,8-12,14,22H2,1H3. The zero-order valence-corrected chi connectivity index (χ0v) is 15.5. The monoisotopic (exact) mass is 350 g/mol. The molecule has 2 aliphatic rings. The van der Waals surface area contributed by atoms with Gasteiger partial charge in [0.25, 0.3) is 0 Å². The molecule has 1 aliphatic heterocycles. The van der Waals surface area contributed by atoms with E-state index in [1.54, 1.807) is 0 Å². The number of hydrogen-bond acceptors (Lipinski definition) is 3. The first-order valence-electron chi connectivity index (χ1n) is 9.45. The van der Waals surface area contributed by atoms with E-state index in [1.807, 2.05) is 18.2 Å². The lowest BCUT2D eigenvalue weighted by atomic mass is 9.67. The fourth-order valence-electron chi connectivity index (χ4n) is 4.54. The molecule has 1 saturated carbocycles. The molecule has 4 heteroatoms. The van der Waals surface area contributed by atoms with Gasteiger partial charge in [0, 0.05) is 23.5 Å². The number of aliphatic hydroxyl groups is 1. The number of likely N-dealkylation sites (tertiary alicyclic amines) is 1. The van der Waals surface area contributed by atoms with Gasteiger partial charge in [-0.25, -0.2) is 0 Å². The minimum Gasteiger partial charge on any atom is -0.389 e. The topological polar surface area (TPSA) is 49.5 Å². The molecule has 1 aliphatic carbocycles. The van der Waals surface area contributed by atoms with Crippen molar-refractivity contribution in [2.45, 2.75) is 63.0 Å². The van der Waals surface area contributed by atoms with Gasteiger partial charge in [-0.3, -0.25) is 0 Å². The molecule has 1 saturated heterocycles. The Morgan fingerprint density at radius 3 is 2.71 bits per heavy atom. The van der Waals surface area contributed by atoms with E-state index < -0.39 is 5.60 Å². The van der Waals surface area contributed by atoms with Crippen molar-refractivity contribution in [1.82, 2.24) is 4.90 Å². The molecular weight excluding hydrogens is 320 g/mol. The van der Waals surface area contributed by atoms with Crippen LogP contribution in [0.4, 0.5) is 0 Å². The molecule has 1 aromatic rings. The molecule has 134 valence electrons. The van der Waals surface area contributed by atoms with Crippen LogP contribution in [0.5, 0.6) is 0 Å². The minimum absolute atomic E-state index is 0.112. The molecule has 1 heterocycles. The summed E-state index contributed by atoms with van der Waals surface area (Å²) in [5, 5.41) is 12.4. The van der Waals surface area contributed by atoms with Crippen LogP contribution in [0.3, 0.4) is 0 Å². The van der Waals surface area contributed by atoms with E-state index in [1.165, 1.54) is 12.0 Å². The van der Waals surface area contributed by atoms with Crippen molar-refractivity contribution in [3.05, 3.63) is 34.9 Å². The summed E-state index contributed by atoms with van der Waals surface area (Å²) >= 11 is 6.26. The largest absolute Gasteiger partial charge is 0.389 e. The Bertz CT molecular complexity index is 544. The molecule has 3 rings (SSSR count). The SMILES string of the molecule is CC1CCCCC1(O)C(CN1CCC(N)CC1)c1cccc(Cl)c1. The van der Waals surface area contributed by atoms with Gasteiger partial charge in [-0.2, -0.15) is 0 Å². The summed E-state index contributed by atoms with van der Waals surface area (Å²) in [7, 11) is 0. The van der Waals surface area contributed by atoms with Gasteiger partial charge < -0.3 is 15.7 Å². The van der Waals surface area contributed by atoms with Crippen LogP contribution in [0.25, 0.3) is 0 Å². The van der Waals surface area contributed by atoms with Gasteiger partial charge in [0.2, 0.25) is 0 Å². The Labute approximate surface area is 151 Å². The molecular formula is C20H31ClN2O. The first kappa shape index (κ1) is 18.2. The summed E-state index contributed by atoms with van der Waals surface area (Å²) in [6.45, 7) is 5.17. The van der Waals surface area contributed by atoms with Crippen molar-refractivity contribution in [1.29, 1.82) is 0 Å². The van der Waals surface area contributed by atoms with Gasteiger partial charge in [0.15, 0.2) is 0 Å². The third-order valence-corrected chi connectivity index (χ3v) is 6.48. The lowest BCUT2D eigenvalue weighted by molar-refractivity contribution is -0.0719. The van der Waals surface area contributed by atoms with Gasteiger partial charge in [-0.1, -0.05) is 43.5 Å². The molecule has 24 heavy (non-hydrogen) atoms. The third-order valence-electron chi connectivity index (χ3n) is 6.25. The second-order valence-corrected chi connectivity index (χ2v) is 8.32. The van der Waals surface area contributed by atoms with E-state index in [4.69, 9.17) is 17.3 Å².